The second kappa shape index (κ2) is 4.23. The van der Waals surface area contributed by atoms with Crippen LogP contribution < -0.4 is 4.90 Å². The van der Waals surface area contributed by atoms with Crippen LogP contribution in [0.2, 0.25) is 0 Å². The molecule has 0 fully saturated rings. The number of carbonyl (C=O) groups is 1. The minimum atomic E-state index is -0.119. The van der Waals surface area contributed by atoms with E-state index in [1.54, 1.807) is 7.05 Å². The summed E-state index contributed by atoms with van der Waals surface area (Å²) in [4.78, 5) is 12.8. The second-order valence-corrected chi connectivity index (χ2v) is 3.41. The Balaban J connectivity index is 3.01. The summed E-state index contributed by atoms with van der Waals surface area (Å²) < 4.78 is 0.896. The van der Waals surface area contributed by atoms with E-state index in [1.807, 2.05) is 24.3 Å². The lowest BCUT2D eigenvalue weighted by Gasteiger charge is -2.16. The number of halogens is 1. The van der Waals surface area contributed by atoms with Crippen LogP contribution in [0, 0.1) is 0 Å². The molecule has 0 aliphatic rings. The molecule has 1 amide bonds. The fraction of sp³-hybridized carbons (Fsp3) is 0.100. The van der Waals surface area contributed by atoms with E-state index in [4.69, 9.17) is 0 Å². The van der Waals surface area contributed by atoms with E-state index in [2.05, 4.69) is 22.5 Å². The summed E-state index contributed by atoms with van der Waals surface area (Å²) in [5.74, 6) is -0.119. The molecule has 3 heteroatoms. The maximum atomic E-state index is 11.3. The van der Waals surface area contributed by atoms with E-state index >= 15 is 0 Å². The lowest BCUT2D eigenvalue weighted by atomic mass is 10.3. The molecule has 1 aromatic carbocycles. The molecule has 1 aromatic rings. The molecule has 0 bridgehead atoms. The predicted molar refractivity (Wildman–Crippen MR) is 57.7 cm³/mol. The minimum Gasteiger partial charge on any atom is -0.311 e. The monoisotopic (exact) mass is 239 g/mol. The molecule has 0 saturated carbocycles. The van der Waals surface area contributed by atoms with Crippen molar-refractivity contribution in [1.29, 1.82) is 0 Å². The highest BCUT2D eigenvalue weighted by molar-refractivity contribution is 9.10. The number of nitrogens with zero attached hydrogens (tertiary/aromatic N) is 1. The van der Waals surface area contributed by atoms with Gasteiger partial charge < -0.3 is 4.90 Å². The number of para-hydroxylation sites is 1. The van der Waals surface area contributed by atoms with Crippen molar-refractivity contribution in [1.82, 2.24) is 0 Å². The molecule has 2 nitrogen and oxygen atoms in total. The number of likely N-dealkylation sites (N-methyl/N-ethyl adjacent to an activating group) is 1. The zero-order chi connectivity index (χ0) is 9.84. The van der Waals surface area contributed by atoms with Crippen molar-refractivity contribution in [3.8, 4) is 0 Å². The van der Waals surface area contributed by atoms with Crippen molar-refractivity contribution in [2.24, 2.45) is 0 Å². The third-order valence-electron chi connectivity index (χ3n) is 1.72. The number of hydrogen-bond acceptors (Lipinski definition) is 1. The Morgan fingerprint density at radius 1 is 1.54 bits per heavy atom. The number of hydrogen-bond donors (Lipinski definition) is 0. The molecule has 0 heterocycles. The van der Waals surface area contributed by atoms with Gasteiger partial charge in [-0.25, -0.2) is 0 Å². The van der Waals surface area contributed by atoms with E-state index < -0.39 is 0 Å². The van der Waals surface area contributed by atoms with E-state index in [0.29, 0.717) is 0 Å². The summed E-state index contributed by atoms with van der Waals surface area (Å²) in [5.41, 5.74) is 0.840. The zero-order valence-corrected chi connectivity index (χ0v) is 8.91. The van der Waals surface area contributed by atoms with Gasteiger partial charge >= 0.3 is 0 Å². The van der Waals surface area contributed by atoms with Crippen molar-refractivity contribution in [3.63, 3.8) is 0 Å². The Labute approximate surface area is 86.0 Å². The van der Waals surface area contributed by atoms with Crippen LogP contribution in [0.5, 0.6) is 0 Å². The molecule has 0 aliphatic carbocycles. The van der Waals surface area contributed by atoms with Gasteiger partial charge in [-0.2, -0.15) is 0 Å². The predicted octanol–water partition coefficient (Wildman–Crippen LogP) is 2.60. The Hall–Kier alpha value is -1.09. The first kappa shape index (κ1) is 9.99. The van der Waals surface area contributed by atoms with Gasteiger partial charge in [-0.05, 0) is 34.1 Å². The van der Waals surface area contributed by atoms with Gasteiger partial charge in [-0.3, -0.25) is 4.79 Å². The first-order valence-corrected chi connectivity index (χ1v) is 4.60. The van der Waals surface area contributed by atoms with Gasteiger partial charge in [-0.1, -0.05) is 18.7 Å². The van der Waals surface area contributed by atoms with Gasteiger partial charge in [0.2, 0.25) is 5.91 Å². The van der Waals surface area contributed by atoms with E-state index in [9.17, 15) is 4.79 Å². The van der Waals surface area contributed by atoms with Gasteiger partial charge in [0.05, 0.1) is 5.69 Å². The fourth-order valence-corrected chi connectivity index (χ4v) is 1.53. The summed E-state index contributed by atoms with van der Waals surface area (Å²) in [5, 5.41) is 0. The minimum absolute atomic E-state index is 0.119. The molecule has 0 atom stereocenters. The van der Waals surface area contributed by atoms with Gasteiger partial charge in [0.25, 0.3) is 0 Å². The van der Waals surface area contributed by atoms with Gasteiger partial charge in [0, 0.05) is 11.5 Å². The van der Waals surface area contributed by atoms with Crippen LogP contribution in [0.3, 0.4) is 0 Å². The van der Waals surface area contributed by atoms with Gasteiger partial charge in [0.1, 0.15) is 0 Å². The van der Waals surface area contributed by atoms with E-state index in [0.717, 1.165) is 10.2 Å². The molecule has 68 valence electrons. The molecule has 0 spiro atoms. The maximum Gasteiger partial charge on any atom is 0.250 e. The number of anilines is 1. The van der Waals surface area contributed by atoms with Gasteiger partial charge in [0.15, 0.2) is 0 Å². The van der Waals surface area contributed by atoms with E-state index in [1.165, 1.54) is 11.0 Å². The quantitative estimate of drug-likeness (QED) is 0.727. The largest absolute Gasteiger partial charge is 0.311 e. The topological polar surface area (TPSA) is 20.3 Å². The molecule has 0 aliphatic heterocycles. The molecule has 0 unspecified atom stereocenters. The lowest BCUT2D eigenvalue weighted by molar-refractivity contribution is -0.113. The Morgan fingerprint density at radius 3 is 2.69 bits per heavy atom. The molecule has 0 saturated heterocycles. The second-order valence-electron chi connectivity index (χ2n) is 2.55. The smallest absolute Gasteiger partial charge is 0.250 e. The molecule has 1 rings (SSSR count). The summed E-state index contributed by atoms with van der Waals surface area (Å²) >= 11 is 3.37. The van der Waals surface area contributed by atoms with Crippen molar-refractivity contribution in [3.05, 3.63) is 41.4 Å². The highest BCUT2D eigenvalue weighted by atomic mass is 79.9. The molecule has 0 aromatic heterocycles. The molecule has 0 radical (unpaired) electrons. The van der Waals surface area contributed by atoms with Crippen LogP contribution in [0.1, 0.15) is 0 Å². The lowest BCUT2D eigenvalue weighted by Crippen LogP contribution is -2.23. The van der Waals surface area contributed by atoms with Crippen molar-refractivity contribution in [2.75, 3.05) is 11.9 Å². The summed E-state index contributed by atoms with van der Waals surface area (Å²) in [6, 6.07) is 7.54. The highest BCUT2D eigenvalue weighted by Gasteiger charge is 2.08. The molecular formula is C10H10BrNO. The van der Waals surface area contributed by atoms with Crippen molar-refractivity contribution in [2.45, 2.75) is 0 Å². The van der Waals surface area contributed by atoms with Crippen LogP contribution in [0.25, 0.3) is 0 Å². The Kier molecular flexibility index (Phi) is 3.25. The van der Waals surface area contributed by atoms with Crippen LogP contribution in [-0.2, 0) is 4.79 Å². The third kappa shape index (κ3) is 2.18. The third-order valence-corrected chi connectivity index (χ3v) is 2.39. The molecule has 0 N–H and O–H groups in total. The standard InChI is InChI=1S/C10H10BrNO/c1-3-10(13)12(2)9-7-5-4-6-8(9)11/h3-7H,1H2,2H3. The highest BCUT2D eigenvalue weighted by Crippen LogP contribution is 2.24. The number of carbonyl (C=O) groups excluding carboxylic acids is 1. The maximum absolute atomic E-state index is 11.3. The Morgan fingerprint density at radius 2 is 2.15 bits per heavy atom. The summed E-state index contributed by atoms with van der Waals surface area (Å²) in [6.07, 6.45) is 1.29. The van der Waals surface area contributed by atoms with E-state index in [-0.39, 0.29) is 5.91 Å². The first-order chi connectivity index (χ1) is 6.16. The van der Waals surface area contributed by atoms with Crippen LogP contribution in [0.15, 0.2) is 41.4 Å². The van der Waals surface area contributed by atoms with Crippen molar-refractivity contribution >= 4 is 27.5 Å². The summed E-state index contributed by atoms with van der Waals surface area (Å²) in [6.45, 7) is 3.43. The number of rotatable bonds is 2. The number of benzene rings is 1. The van der Waals surface area contributed by atoms with Crippen LogP contribution in [-0.4, -0.2) is 13.0 Å². The average molecular weight is 240 g/mol. The summed E-state index contributed by atoms with van der Waals surface area (Å²) in [7, 11) is 1.71. The zero-order valence-electron chi connectivity index (χ0n) is 7.33. The van der Waals surface area contributed by atoms with Crippen LogP contribution >= 0.6 is 15.9 Å². The average Bonchev–Trinajstić information content (AvgIpc) is 2.16. The Bertz CT molecular complexity index is 335. The SMILES string of the molecule is C=CC(=O)N(C)c1ccccc1Br. The normalized spacial score (nSPS) is 9.38. The van der Waals surface area contributed by atoms with Crippen molar-refractivity contribution < 1.29 is 4.79 Å². The fourth-order valence-electron chi connectivity index (χ4n) is 0.979. The molecule has 13 heavy (non-hydrogen) atoms. The number of amides is 1. The first-order valence-electron chi connectivity index (χ1n) is 3.81. The molecular weight excluding hydrogens is 230 g/mol. The van der Waals surface area contributed by atoms with Gasteiger partial charge in [-0.15, -0.1) is 0 Å². The van der Waals surface area contributed by atoms with Crippen LogP contribution in [0.4, 0.5) is 5.69 Å².